The molecule has 0 rings (SSSR count). The first-order chi connectivity index (χ1) is 9.60. The van der Waals surface area contributed by atoms with Crippen molar-refractivity contribution >= 4 is 17.9 Å². The number of carboxylic acid groups (broad SMARTS) is 2. The number of ether oxygens (including phenoxy) is 1. The third kappa shape index (κ3) is 7.62. The van der Waals surface area contributed by atoms with Gasteiger partial charge in [-0.15, -0.1) is 0 Å². The van der Waals surface area contributed by atoms with Crippen LogP contribution in [0.4, 0.5) is 0 Å². The van der Waals surface area contributed by atoms with Crippen molar-refractivity contribution in [2.24, 2.45) is 5.92 Å². The van der Waals surface area contributed by atoms with Crippen LogP contribution in [0.1, 0.15) is 39.5 Å². The highest BCUT2D eigenvalue weighted by Crippen LogP contribution is 2.17. The van der Waals surface area contributed by atoms with E-state index in [1.54, 1.807) is 0 Å². The summed E-state index contributed by atoms with van der Waals surface area (Å²) in [7, 11) is 0. The average molecular weight is 306 g/mol. The minimum Gasteiger partial charge on any atom is -0.481 e. The molecule has 0 bridgehead atoms. The van der Waals surface area contributed by atoms with E-state index >= 15 is 0 Å². The van der Waals surface area contributed by atoms with E-state index in [9.17, 15) is 24.6 Å². The van der Waals surface area contributed by atoms with E-state index in [2.05, 4.69) is 4.74 Å². The molecule has 0 aliphatic rings. The van der Waals surface area contributed by atoms with Crippen molar-refractivity contribution < 1.29 is 39.5 Å². The number of aliphatic hydroxyl groups is 2. The lowest BCUT2D eigenvalue weighted by Gasteiger charge is -2.21. The third-order valence-electron chi connectivity index (χ3n) is 3.09. The monoisotopic (exact) mass is 306 g/mol. The lowest BCUT2D eigenvalue weighted by molar-refractivity contribution is -0.172. The van der Waals surface area contributed by atoms with Crippen molar-refractivity contribution in [3.05, 3.63) is 0 Å². The van der Waals surface area contributed by atoms with Crippen LogP contribution < -0.4 is 0 Å². The zero-order valence-electron chi connectivity index (χ0n) is 12.1. The molecule has 0 saturated heterocycles. The van der Waals surface area contributed by atoms with E-state index in [0.29, 0.717) is 6.42 Å². The lowest BCUT2D eigenvalue weighted by Crippen LogP contribution is -2.43. The molecule has 4 N–H and O–H groups in total. The number of rotatable bonds is 10. The Labute approximate surface area is 122 Å². The van der Waals surface area contributed by atoms with Gasteiger partial charge in [-0.05, 0) is 12.3 Å². The van der Waals surface area contributed by atoms with Crippen molar-refractivity contribution in [3.8, 4) is 0 Å². The van der Waals surface area contributed by atoms with Gasteiger partial charge in [-0.1, -0.05) is 20.3 Å². The van der Waals surface area contributed by atoms with Gasteiger partial charge in [-0.25, -0.2) is 4.79 Å². The van der Waals surface area contributed by atoms with Gasteiger partial charge in [0.15, 0.2) is 5.60 Å². The fraction of sp³-hybridized carbons (Fsp3) is 0.769. The second kappa shape index (κ2) is 8.58. The largest absolute Gasteiger partial charge is 0.481 e. The fourth-order valence-electron chi connectivity index (χ4n) is 1.64. The van der Waals surface area contributed by atoms with Crippen LogP contribution >= 0.6 is 0 Å². The van der Waals surface area contributed by atoms with Crippen LogP contribution in [0.2, 0.25) is 0 Å². The van der Waals surface area contributed by atoms with Gasteiger partial charge in [0.2, 0.25) is 0 Å². The fourth-order valence-corrected chi connectivity index (χ4v) is 1.64. The molecule has 0 saturated carbocycles. The normalized spacial score (nSPS) is 16.6. The van der Waals surface area contributed by atoms with Crippen LogP contribution in [0.3, 0.4) is 0 Å². The van der Waals surface area contributed by atoms with Gasteiger partial charge >= 0.3 is 17.9 Å². The molecule has 0 aromatic heterocycles. The van der Waals surface area contributed by atoms with Crippen LogP contribution in [-0.4, -0.2) is 56.6 Å². The van der Waals surface area contributed by atoms with Crippen molar-refractivity contribution in [3.63, 3.8) is 0 Å². The maximum absolute atomic E-state index is 11.5. The predicted octanol–water partition coefficient (Wildman–Crippen LogP) is 0.00720. The summed E-state index contributed by atoms with van der Waals surface area (Å²) in [6.07, 6.45) is -1.73. The van der Waals surface area contributed by atoms with Crippen molar-refractivity contribution in [1.29, 1.82) is 0 Å². The first kappa shape index (κ1) is 19.3. The van der Waals surface area contributed by atoms with Crippen LogP contribution in [0.15, 0.2) is 0 Å². The van der Waals surface area contributed by atoms with Gasteiger partial charge in [-0.3, -0.25) is 9.59 Å². The van der Waals surface area contributed by atoms with Crippen LogP contribution in [0.25, 0.3) is 0 Å². The Morgan fingerprint density at radius 1 is 1.19 bits per heavy atom. The molecule has 0 aliphatic carbocycles. The van der Waals surface area contributed by atoms with E-state index in [-0.39, 0.29) is 12.5 Å². The van der Waals surface area contributed by atoms with Crippen LogP contribution in [0, 0.1) is 5.92 Å². The summed E-state index contributed by atoms with van der Waals surface area (Å²) in [6, 6.07) is 0. The number of carboxylic acids is 2. The Hall–Kier alpha value is -1.67. The molecular weight excluding hydrogens is 284 g/mol. The minimum atomic E-state index is -2.72. The Morgan fingerprint density at radius 3 is 2.19 bits per heavy atom. The summed E-state index contributed by atoms with van der Waals surface area (Å²) >= 11 is 0. The van der Waals surface area contributed by atoms with E-state index in [1.807, 2.05) is 13.8 Å². The molecule has 8 nitrogen and oxygen atoms in total. The van der Waals surface area contributed by atoms with E-state index < -0.39 is 42.5 Å². The smallest absolute Gasteiger partial charge is 0.336 e. The number of esters is 1. The molecule has 0 aromatic rings. The summed E-state index contributed by atoms with van der Waals surface area (Å²) in [5.74, 6) is -4.21. The standard InChI is InChI=1S/C13H22O8/c1-3-8(2)4-9(14)7-21-11(17)6-13(20,12(18)19)5-10(15)16/h8-9,14,20H,3-7H2,1-2H3,(H,15,16)(H,18,19). The highest BCUT2D eigenvalue weighted by atomic mass is 16.5. The second-order valence-electron chi connectivity index (χ2n) is 5.17. The molecule has 0 radical (unpaired) electrons. The van der Waals surface area contributed by atoms with Gasteiger partial charge in [0.25, 0.3) is 0 Å². The number of aliphatic hydroxyl groups excluding tert-OH is 1. The quantitative estimate of drug-likeness (QED) is 0.413. The molecule has 0 spiro atoms. The highest BCUT2D eigenvalue weighted by molar-refractivity contribution is 5.88. The molecule has 0 amide bonds. The third-order valence-corrected chi connectivity index (χ3v) is 3.09. The summed E-state index contributed by atoms with van der Waals surface area (Å²) in [5.41, 5.74) is -2.72. The molecular formula is C13H22O8. The molecule has 3 unspecified atom stereocenters. The summed E-state index contributed by atoms with van der Waals surface area (Å²) in [5, 5.41) is 36.6. The summed E-state index contributed by atoms with van der Waals surface area (Å²) in [6.45, 7) is 3.54. The first-order valence-electron chi connectivity index (χ1n) is 6.62. The molecule has 8 heteroatoms. The number of hydrogen-bond acceptors (Lipinski definition) is 6. The van der Waals surface area contributed by atoms with Gasteiger partial charge < -0.3 is 25.2 Å². The topological polar surface area (TPSA) is 141 Å². The van der Waals surface area contributed by atoms with E-state index in [1.165, 1.54) is 0 Å². The average Bonchev–Trinajstić information content (AvgIpc) is 2.34. The molecule has 0 fully saturated rings. The summed E-state index contributed by atoms with van der Waals surface area (Å²) < 4.78 is 4.67. The minimum absolute atomic E-state index is 0.238. The maximum Gasteiger partial charge on any atom is 0.336 e. The number of aliphatic carboxylic acids is 2. The van der Waals surface area contributed by atoms with Crippen molar-refractivity contribution in [2.45, 2.75) is 51.2 Å². The highest BCUT2D eigenvalue weighted by Gasteiger charge is 2.41. The maximum atomic E-state index is 11.5. The molecule has 122 valence electrons. The van der Waals surface area contributed by atoms with Gasteiger partial charge in [-0.2, -0.15) is 0 Å². The van der Waals surface area contributed by atoms with E-state index in [0.717, 1.165) is 6.42 Å². The molecule has 0 heterocycles. The van der Waals surface area contributed by atoms with Gasteiger partial charge in [0.1, 0.15) is 6.61 Å². The zero-order valence-corrected chi connectivity index (χ0v) is 12.1. The second-order valence-corrected chi connectivity index (χ2v) is 5.17. The lowest BCUT2D eigenvalue weighted by atomic mass is 9.96. The Bertz CT molecular complexity index is 380. The number of carbonyl (C=O) groups excluding carboxylic acids is 1. The van der Waals surface area contributed by atoms with Crippen LogP contribution in [0.5, 0.6) is 0 Å². The van der Waals surface area contributed by atoms with Crippen molar-refractivity contribution in [2.75, 3.05) is 6.61 Å². The van der Waals surface area contributed by atoms with E-state index in [4.69, 9.17) is 10.2 Å². The molecule has 21 heavy (non-hydrogen) atoms. The molecule has 0 aromatic carbocycles. The first-order valence-corrected chi connectivity index (χ1v) is 6.62. The Balaban J connectivity index is 4.39. The number of hydrogen-bond donors (Lipinski definition) is 4. The number of carbonyl (C=O) groups is 3. The summed E-state index contributed by atoms with van der Waals surface area (Å²) in [4.78, 5) is 32.8. The Kier molecular flexibility index (Phi) is 7.90. The molecule has 0 aliphatic heterocycles. The molecule has 3 atom stereocenters. The van der Waals surface area contributed by atoms with Gasteiger partial charge in [0.05, 0.1) is 18.9 Å². The Morgan fingerprint density at radius 2 is 1.76 bits per heavy atom. The van der Waals surface area contributed by atoms with Crippen molar-refractivity contribution in [1.82, 2.24) is 0 Å². The SMILES string of the molecule is CCC(C)CC(O)COC(=O)CC(O)(CC(=O)O)C(=O)O. The predicted molar refractivity (Wildman–Crippen MR) is 70.5 cm³/mol. The zero-order chi connectivity index (χ0) is 16.6. The van der Waals surface area contributed by atoms with Crippen LogP contribution in [-0.2, 0) is 19.1 Å². The van der Waals surface area contributed by atoms with Gasteiger partial charge in [0, 0.05) is 0 Å².